The first-order valence-corrected chi connectivity index (χ1v) is 8.82. The molecule has 0 bridgehead atoms. The van der Waals surface area contributed by atoms with Crippen molar-refractivity contribution in [3.8, 4) is 5.75 Å². The molecule has 0 fully saturated rings. The zero-order chi connectivity index (χ0) is 16.3. The van der Waals surface area contributed by atoms with Gasteiger partial charge in [-0.05, 0) is 30.2 Å². The van der Waals surface area contributed by atoms with E-state index >= 15 is 0 Å². The summed E-state index contributed by atoms with van der Waals surface area (Å²) in [6, 6.07) is 18.7. The lowest BCUT2D eigenvalue weighted by Gasteiger charge is -2.11. The Balaban J connectivity index is 1.98. The molecule has 0 radical (unpaired) electrons. The molecule has 120 valence electrons. The van der Waals surface area contributed by atoms with Gasteiger partial charge in [-0.3, -0.25) is 4.99 Å². The SMILES string of the molecule is CC/C=C\C(COc1ccccc1SCc1ccccc1)=NC. The molecule has 0 aliphatic carbocycles. The van der Waals surface area contributed by atoms with Crippen molar-refractivity contribution < 1.29 is 4.74 Å². The normalized spacial score (nSPS) is 11.8. The van der Waals surface area contributed by atoms with E-state index in [9.17, 15) is 0 Å². The monoisotopic (exact) mass is 325 g/mol. The first kappa shape index (κ1) is 17.4. The Hall–Kier alpha value is -2.00. The average molecular weight is 325 g/mol. The maximum Gasteiger partial charge on any atom is 0.133 e. The van der Waals surface area contributed by atoms with Crippen LogP contribution in [0.1, 0.15) is 18.9 Å². The first-order chi connectivity index (χ1) is 11.3. The van der Waals surface area contributed by atoms with E-state index in [4.69, 9.17) is 4.74 Å². The standard InChI is InChI=1S/C20H23NOS/c1-3-4-12-18(21-2)15-22-19-13-8-9-14-20(19)23-16-17-10-6-5-7-11-17/h4-14H,3,15-16H2,1-2H3/b12-4-,21-18?. The third-order valence-corrected chi connectivity index (χ3v) is 4.42. The summed E-state index contributed by atoms with van der Waals surface area (Å²) in [5, 5.41) is 0. The molecule has 0 saturated carbocycles. The molecule has 0 atom stereocenters. The van der Waals surface area contributed by atoms with E-state index in [1.54, 1.807) is 18.8 Å². The van der Waals surface area contributed by atoms with Gasteiger partial charge in [0.2, 0.25) is 0 Å². The summed E-state index contributed by atoms with van der Waals surface area (Å²) in [5.74, 6) is 1.85. The van der Waals surface area contributed by atoms with Gasteiger partial charge >= 0.3 is 0 Å². The molecule has 3 heteroatoms. The lowest BCUT2D eigenvalue weighted by Crippen LogP contribution is -2.09. The number of ether oxygens (including phenoxy) is 1. The van der Waals surface area contributed by atoms with Gasteiger partial charge in [0.1, 0.15) is 12.4 Å². The number of aliphatic imine (C=N–C) groups is 1. The number of hydrogen-bond acceptors (Lipinski definition) is 3. The van der Waals surface area contributed by atoms with Gasteiger partial charge in [-0.15, -0.1) is 11.8 Å². The lowest BCUT2D eigenvalue weighted by molar-refractivity contribution is 0.368. The van der Waals surface area contributed by atoms with Gasteiger partial charge in [0.25, 0.3) is 0 Å². The predicted octanol–water partition coefficient (Wildman–Crippen LogP) is 5.39. The van der Waals surface area contributed by atoms with Gasteiger partial charge in [-0.2, -0.15) is 0 Å². The van der Waals surface area contributed by atoms with Crippen LogP contribution in [0.25, 0.3) is 0 Å². The maximum absolute atomic E-state index is 5.97. The van der Waals surface area contributed by atoms with E-state index in [1.807, 2.05) is 30.3 Å². The van der Waals surface area contributed by atoms with E-state index in [1.165, 1.54) is 5.56 Å². The van der Waals surface area contributed by atoms with Crippen molar-refractivity contribution in [1.82, 2.24) is 0 Å². The molecule has 0 aromatic heterocycles. The summed E-state index contributed by atoms with van der Waals surface area (Å²) in [5.41, 5.74) is 2.27. The summed E-state index contributed by atoms with van der Waals surface area (Å²) in [6.07, 6.45) is 5.13. The van der Waals surface area contributed by atoms with Crippen LogP contribution in [0.15, 0.2) is 76.6 Å². The van der Waals surface area contributed by atoms with Crippen LogP contribution in [0.5, 0.6) is 5.75 Å². The van der Waals surface area contributed by atoms with Crippen molar-refractivity contribution in [2.45, 2.75) is 24.0 Å². The second-order valence-electron chi connectivity index (χ2n) is 5.04. The van der Waals surface area contributed by atoms with Crippen LogP contribution in [-0.2, 0) is 5.75 Å². The summed E-state index contributed by atoms with van der Waals surface area (Å²) in [4.78, 5) is 5.42. The quantitative estimate of drug-likeness (QED) is 0.479. The second-order valence-corrected chi connectivity index (χ2v) is 6.05. The van der Waals surface area contributed by atoms with Gasteiger partial charge in [-0.25, -0.2) is 0 Å². The summed E-state index contributed by atoms with van der Waals surface area (Å²) >= 11 is 1.79. The number of hydrogen-bond donors (Lipinski definition) is 0. The third kappa shape index (κ3) is 5.95. The van der Waals surface area contributed by atoms with Crippen LogP contribution in [-0.4, -0.2) is 19.4 Å². The Morgan fingerprint density at radius 1 is 1.09 bits per heavy atom. The Morgan fingerprint density at radius 2 is 1.83 bits per heavy atom. The predicted molar refractivity (Wildman–Crippen MR) is 101 cm³/mol. The first-order valence-electron chi connectivity index (χ1n) is 7.84. The van der Waals surface area contributed by atoms with Crippen molar-refractivity contribution in [2.24, 2.45) is 4.99 Å². The van der Waals surface area contributed by atoms with E-state index in [2.05, 4.69) is 48.3 Å². The number of rotatable bonds is 8. The number of benzene rings is 2. The topological polar surface area (TPSA) is 21.6 Å². The molecule has 0 heterocycles. The Bertz CT molecular complexity index is 650. The summed E-state index contributed by atoms with van der Waals surface area (Å²) in [6.45, 7) is 2.61. The number of thioether (sulfide) groups is 1. The van der Waals surface area contributed by atoms with Crippen LogP contribution in [0, 0.1) is 0 Å². The van der Waals surface area contributed by atoms with Crippen molar-refractivity contribution >= 4 is 17.5 Å². The molecule has 2 aromatic carbocycles. The number of allylic oxidation sites excluding steroid dienone is 1. The third-order valence-electron chi connectivity index (χ3n) is 3.30. The van der Waals surface area contributed by atoms with Gasteiger partial charge in [-0.1, -0.05) is 55.5 Å². The minimum atomic E-state index is 0.496. The fourth-order valence-electron chi connectivity index (χ4n) is 2.02. The molecule has 2 aromatic rings. The lowest BCUT2D eigenvalue weighted by atomic mass is 10.2. The van der Waals surface area contributed by atoms with Gasteiger partial charge in [0.05, 0.1) is 5.71 Å². The van der Waals surface area contributed by atoms with Gasteiger partial charge < -0.3 is 4.74 Å². The highest BCUT2D eigenvalue weighted by molar-refractivity contribution is 7.98. The molecule has 0 unspecified atom stereocenters. The number of nitrogens with zero attached hydrogens (tertiary/aromatic N) is 1. The molecule has 0 aliphatic heterocycles. The fraction of sp³-hybridized carbons (Fsp3) is 0.250. The molecule has 0 saturated heterocycles. The highest BCUT2D eigenvalue weighted by atomic mass is 32.2. The van der Waals surface area contributed by atoms with Crippen LogP contribution in [0.2, 0.25) is 0 Å². The fourth-order valence-corrected chi connectivity index (χ4v) is 2.98. The zero-order valence-corrected chi connectivity index (χ0v) is 14.6. The minimum absolute atomic E-state index is 0.496. The van der Waals surface area contributed by atoms with Crippen LogP contribution >= 0.6 is 11.8 Å². The van der Waals surface area contributed by atoms with Crippen molar-refractivity contribution in [1.29, 1.82) is 0 Å². The molecular weight excluding hydrogens is 302 g/mol. The summed E-state index contributed by atoms with van der Waals surface area (Å²) < 4.78 is 5.97. The van der Waals surface area contributed by atoms with Gasteiger partial charge in [0, 0.05) is 17.7 Å². The smallest absolute Gasteiger partial charge is 0.133 e. The van der Waals surface area contributed by atoms with E-state index in [0.717, 1.165) is 28.5 Å². The Kier molecular flexibility index (Phi) is 7.47. The Morgan fingerprint density at radius 3 is 2.57 bits per heavy atom. The molecule has 0 aliphatic rings. The van der Waals surface area contributed by atoms with Crippen molar-refractivity contribution in [3.63, 3.8) is 0 Å². The molecule has 2 rings (SSSR count). The van der Waals surface area contributed by atoms with Crippen LogP contribution < -0.4 is 4.74 Å². The Labute approximate surface area is 143 Å². The summed E-state index contributed by atoms with van der Waals surface area (Å²) in [7, 11) is 1.80. The minimum Gasteiger partial charge on any atom is -0.486 e. The molecule has 0 N–H and O–H groups in total. The maximum atomic E-state index is 5.97. The van der Waals surface area contributed by atoms with E-state index in [-0.39, 0.29) is 0 Å². The van der Waals surface area contributed by atoms with Crippen LogP contribution in [0.4, 0.5) is 0 Å². The largest absolute Gasteiger partial charge is 0.486 e. The van der Waals surface area contributed by atoms with Crippen LogP contribution in [0.3, 0.4) is 0 Å². The van der Waals surface area contributed by atoms with E-state index < -0.39 is 0 Å². The molecule has 23 heavy (non-hydrogen) atoms. The highest BCUT2D eigenvalue weighted by Crippen LogP contribution is 2.31. The van der Waals surface area contributed by atoms with E-state index in [0.29, 0.717) is 6.61 Å². The average Bonchev–Trinajstić information content (AvgIpc) is 2.62. The van der Waals surface area contributed by atoms with Crippen molar-refractivity contribution in [2.75, 3.05) is 13.7 Å². The second kappa shape index (κ2) is 9.90. The zero-order valence-electron chi connectivity index (χ0n) is 13.7. The molecular formula is C20H23NOS. The molecule has 0 amide bonds. The molecule has 0 spiro atoms. The highest BCUT2D eigenvalue weighted by Gasteiger charge is 2.05. The molecule has 2 nitrogen and oxygen atoms in total. The van der Waals surface area contributed by atoms with Gasteiger partial charge in [0.15, 0.2) is 0 Å². The number of para-hydroxylation sites is 1. The van der Waals surface area contributed by atoms with Crippen molar-refractivity contribution in [3.05, 3.63) is 72.3 Å².